The minimum absolute atomic E-state index is 0.0260. The molecule has 4 rings (SSSR count). The lowest BCUT2D eigenvalue weighted by Gasteiger charge is -2.17. The number of hydrogen-bond donors (Lipinski definition) is 3. The van der Waals surface area contributed by atoms with Crippen LogP contribution in [0.2, 0.25) is 5.02 Å². The number of pyridine rings is 2. The normalized spacial score (nSPS) is 14.0. The van der Waals surface area contributed by atoms with E-state index in [1.54, 1.807) is 12.1 Å². The number of carbonyl (C=O) groups is 2. The van der Waals surface area contributed by atoms with Crippen molar-refractivity contribution < 1.29 is 27.5 Å². The zero-order valence-corrected chi connectivity index (χ0v) is 19.7. The Balaban J connectivity index is 1.35. The Morgan fingerprint density at radius 3 is 2.53 bits per heavy atom. The number of nitrogens with one attached hydrogen (secondary N) is 3. The average molecular weight is 520 g/mol. The number of halogens is 4. The summed E-state index contributed by atoms with van der Waals surface area (Å²) in [5.41, 5.74) is -0.978. The third-order valence-electron chi connectivity index (χ3n) is 5.57. The average Bonchev–Trinajstić information content (AvgIpc) is 3.64. The van der Waals surface area contributed by atoms with Gasteiger partial charge in [0.1, 0.15) is 11.3 Å². The molecular formula is C24H21ClF3N5O3. The van der Waals surface area contributed by atoms with Crippen LogP contribution in [0.4, 0.5) is 24.5 Å². The number of ether oxygens (including phenoxy) is 1. The Labute approximate surface area is 209 Å². The second-order valence-electron chi connectivity index (χ2n) is 8.18. The van der Waals surface area contributed by atoms with E-state index in [-0.39, 0.29) is 28.7 Å². The summed E-state index contributed by atoms with van der Waals surface area (Å²) in [4.78, 5) is 33.4. The molecule has 2 aromatic heterocycles. The first-order valence-electron chi connectivity index (χ1n) is 10.8. The third kappa shape index (κ3) is 5.85. The molecule has 36 heavy (non-hydrogen) atoms. The number of anilines is 2. The highest BCUT2D eigenvalue weighted by Gasteiger charge is 2.51. The van der Waals surface area contributed by atoms with Gasteiger partial charge in [0.2, 0.25) is 5.91 Å². The lowest BCUT2D eigenvalue weighted by atomic mass is 10.1. The van der Waals surface area contributed by atoms with Gasteiger partial charge in [0, 0.05) is 11.2 Å². The molecule has 0 spiro atoms. The number of aromatic nitrogens is 2. The molecule has 2 heterocycles. The number of carbonyl (C=O) groups excluding carboxylic acids is 2. The summed E-state index contributed by atoms with van der Waals surface area (Å²) in [6, 6.07) is 8.09. The Kier molecular flexibility index (Phi) is 7.02. The maximum atomic E-state index is 13.3. The molecule has 0 unspecified atom stereocenters. The highest BCUT2D eigenvalue weighted by molar-refractivity contribution is 6.30. The monoisotopic (exact) mass is 519 g/mol. The van der Waals surface area contributed by atoms with Crippen LogP contribution in [0.15, 0.2) is 55.0 Å². The molecule has 1 aliphatic rings. The molecule has 1 aromatic carbocycles. The van der Waals surface area contributed by atoms with Crippen LogP contribution in [0, 0.1) is 0 Å². The molecule has 2 amide bonds. The lowest BCUT2D eigenvalue weighted by molar-refractivity contribution is -0.137. The number of methoxy groups -OCH3 is 1. The number of benzene rings is 1. The van der Waals surface area contributed by atoms with Crippen LogP contribution in [0.5, 0.6) is 5.75 Å². The van der Waals surface area contributed by atoms with Gasteiger partial charge in [-0.3, -0.25) is 19.6 Å². The van der Waals surface area contributed by atoms with E-state index < -0.39 is 23.2 Å². The number of alkyl halides is 3. The van der Waals surface area contributed by atoms with Gasteiger partial charge in [-0.25, -0.2) is 0 Å². The van der Waals surface area contributed by atoms with E-state index in [1.165, 1.54) is 43.9 Å². The first-order valence-corrected chi connectivity index (χ1v) is 11.2. The zero-order valence-electron chi connectivity index (χ0n) is 18.9. The number of amides is 2. The lowest BCUT2D eigenvalue weighted by Crippen LogP contribution is -2.48. The Hall–Kier alpha value is -3.86. The molecule has 0 aliphatic heterocycles. The van der Waals surface area contributed by atoms with Crippen LogP contribution in [-0.2, 0) is 17.5 Å². The molecule has 3 N–H and O–H groups in total. The fraction of sp³-hybridized carbons (Fsp3) is 0.250. The van der Waals surface area contributed by atoms with Gasteiger partial charge in [0.25, 0.3) is 5.91 Å². The van der Waals surface area contributed by atoms with Gasteiger partial charge in [0.15, 0.2) is 0 Å². The van der Waals surface area contributed by atoms with E-state index in [2.05, 4.69) is 25.9 Å². The highest BCUT2D eigenvalue weighted by atomic mass is 35.5. The third-order valence-corrected chi connectivity index (χ3v) is 5.80. The molecule has 8 nitrogen and oxygen atoms in total. The SMILES string of the molecule is COc1cncc(C(=O)NC2(C(=O)NCc3ccc(Nc4ccc(Cl)cc4C(F)(F)F)cn3)CC2)c1. The van der Waals surface area contributed by atoms with E-state index in [1.807, 2.05) is 0 Å². The first kappa shape index (κ1) is 25.2. The molecule has 0 saturated heterocycles. The predicted octanol–water partition coefficient (Wildman–Crippen LogP) is 4.48. The van der Waals surface area contributed by atoms with Gasteiger partial charge in [-0.15, -0.1) is 0 Å². The number of rotatable bonds is 8. The second kappa shape index (κ2) is 10.0. The van der Waals surface area contributed by atoms with Crippen LogP contribution in [0.3, 0.4) is 0 Å². The summed E-state index contributed by atoms with van der Waals surface area (Å²) in [5.74, 6) is -0.374. The summed E-state index contributed by atoms with van der Waals surface area (Å²) in [6.07, 6.45) is 0.604. The minimum atomic E-state index is -4.58. The van der Waals surface area contributed by atoms with Crippen molar-refractivity contribution in [2.75, 3.05) is 12.4 Å². The van der Waals surface area contributed by atoms with Crippen molar-refractivity contribution in [2.24, 2.45) is 0 Å². The topological polar surface area (TPSA) is 105 Å². The molecule has 12 heteroatoms. The van der Waals surface area contributed by atoms with Crippen LogP contribution in [0.1, 0.15) is 34.5 Å². The van der Waals surface area contributed by atoms with Crippen molar-refractivity contribution in [1.29, 1.82) is 0 Å². The van der Waals surface area contributed by atoms with Crippen molar-refractivity contribution in [3.05, 3.63) is 76.8 Å². The standard InChI is InChI=1S/C24H21ClF3N5O3/c1-36-18-8-14(10-29-13-18)21(34)33-23(6-7-23)22(35)31-11-16-3-4-17(12-30-16)32-20-5-2-15(25)9-19(20)24(26,27)28/h2-5,8-10,12-13,32H,6-7,11H2,1H3,(H,31,35)(H,33,34). The minimum Gasteiger partial charge on any atom is -0.495 e. The summed E-state index contributed by atoms with van der Waals surface area (Å²) >= 11 is 5.71. The van der Waals surface area contributed by atoms with Crippen molar-refractivity contribution in [3.8, 4) is 5.75 Å². The molecule has 0 bridgehead atoms. The molecule has 1 fully saturated rings. The molecular weight excluding hydrogens is 499 g/mol. The molecule has 0 radical (unpaired) electrons. The largest absolute Gasteiger partial charge is 0.495 e. The maximum Gasteiger partial charge on any atom is 0.418 e. The Morgan fingerprint density at radius 1 is 1.11 bits per heavy atom. The fourth-order valence-corrected chi connectivity index (χ4v) is 3.61. The molecule has 1 saturated carbocycles. The van der Waals surface area contributed by atoms with Gasteiger partial charge in [-0.2, -0.15) is 13.2 Å². The number of nitrogens with zero attached hydrogens (tertiary/aromatic N) is 2. The summed E-state index contributed by atoms with van der Waals surface area (Å²) in [7, 11) is 1.46. The van der Waals surface area contributed by atoms with E-state index in [9.17, 15) is 22.8 Å². The van der Waals surface area contributed by atoms with Crippen LogP contribution in [0.25, 0.3) is 0 Å². The van der Waals surface area contributed by atoms with Crippen molar-refractivity contribution in [1.82, 2.24) is 20.6 Å². The summed E-state index contributed by atoms with van der Waals surface area (Å²) < 4.78 is 44.9. The predicted molar refractivity (Wildman–Crippen MR) is 126 cm³/mol. The van der Waals surface area contributed by atoms with Gasteiger partial charge in [-0.05, 0) is 49.2 Å². The fourth-order valence-electron chi connectivity index (χ4n) is 3.44. The summed E-state index contributed by atoms with van der Waals surface area (Å²) in [5, 5.41) is 8.16. The zero-order chi connectivity index (χ0) is 25.9. The van der Waals surface area contributed by atoms with Gasteiger partial charge < -0.3 is 20.7 Å². The Bertz CT molecular complexity index is 1280. The maximum absolute atomic E-state index is 13.3. The highest BCUT2D eigenvalue weighted by Crippen LogP contribution is 2.38. The van der Waals surface area contributed by atoms with Gasteiger partial charge in [0.05, 0.1) is 54.2 Å². The smallest absolute Gasteiger partial charge is 0.418 e. The van der Waals surface area contributed by atoms with E-state index in [4.69, 9.17) is 16.3 Å². The van der Waals surface area contributed by atoms with Crippen LogP contribution < -0.4 is 20.7 Å². The quantitative estimate of drug-likeness (QED) is 0.405. The van der Waals surface area contributed by atoms with Crippen molar-refractivity contribution in [3.63, 3.8) is 0 Å². The van der Waals surface area contributed by atoms with E-state index in [0.717, 1.165) is 6.07 Å². The number of hydrogen-bond acceptors (Lipinski definition) is 6. The molecule has 0 atom stereocenters. The van der Waals surface area contributed by atoms with Crippen LogP contribution in [-0.4, -0.2) is 34.4 Å². The summed E-state index contributed by atoms with van der Waals surface area (Å²) in [6.45, 7) is 0.0756. The molecule has 1 aliphatic carbocycles. The second-order valence-corrected chi connectivity index (χ2v) is 8.62. The van der Waals surface area contributed by atoms with E-state index in [0.29, 0.717) is 30.0 Å². The van der Waals surface area contributed by atoms with Gasteiger partial charge >= 0.3 is 6.18 Å². The molecule has 3 aromatic rings. The van der Waals surface area contributed by atoms with Gasteiger partial charge in [-0.1, -0.05) is 11.6 Å². The Morgan fingerprint density at radius 2 is 1.89 bits per heavy atom. The van der Waals surface area contributed by atoms with Crippen LogP contribution >= 0.6 is 11.6 Å². The first-order chi connectivity index (χ1) is 17.1. The van der Waals surface area contributed by atoms with Crippen molar-refractivity contribution >= 4 is 34.8 Å². The van der Waals surface area contributed by atoms with E-state index >= 15 is 0 Å². The molecule has 188 valence electrons. The van der Waals surface area contributed by atoms with Crippen molar-refractivity contribution in [2.45, 2.75) is 31.1 Å².